The molecular formula is C21H32O4. The summed E-state index contributed by atoms with van der Waals surface area (Å²) in [6, 6.07) is 0. The van der Waals surface area contributed by atoms with E-state index in [1.165, 1.54) is 5.57 Å². The monoisotopic (exact) mass is 348 g/mol. The number of hydrogen-bond donors (Lipinski definition) is 3. The summed E-state index contributed by atoms with van der Waals surface area (Å²) in [5.41, 5.74) is 0.956. The summed E-state index contributed by atoms with van der Waals surface area (Å²) < 4.78 is 0. The number of hydrogen-bond acceptors (Lipinski definition) is 4. The number of fused-ring (bicyclic) bond motifs is 5. The van der Waals surface area contributed by atoms with Crippen LogP contribution in [0.4, 0.5) is 0 Å². The molecule has 4 aliphatic rings. The van der Waals surface area contributed by atoms with Crippen molar-refractivity contribution in [2.45, 2.75) is 77.6 Å². The molecule has 0 bridgehead atoms. The van der Waals surface area contributed by atoms with E-state index < -0.39 is 18.3 Å². The zero-order valence-electron chi connectivity index (χ0n) is 15.6. The van der Waals surface area contributed by atoms with Crippen LogP contribution in [0.1, 0.15) is 59.3 Å². The van der Waals surface area contributed by atoms with Crippen LogP contribution in [0.5, 0.6) is 0 Å². The molecule has 0 radical (unpaired) electrons. The van der Waals surface area contributed by atoms with Crippen molar-refractivity contribution in [3.8, 4) is 0 Å². The minimum Gasteiger partial charge on any atom is -0.392 e. The van der Waals surface area contributed by atoms with Crippen LogP contribution in [-0.4, -0.2) is 39.4 Å². The molecule has 3 saturated carbocycles. The Morgan fingerprint density at radius 3 is 2.48 bits per heavy atom. The third kappa shape index (κ3) is 2.26. The smallest absolute Gasteiger partial charge is 0.139 e. The first-order chi connectivity index (χ1) is 11.7. The van der Waals surface area contributed by atoms with E-state index in [9.17, 15) is 20.1 Å². The van der Waals surface area contributed by atoms with Crippen LogP contribution in [0.25, 0.3) is 0 Å². The van der Waals surface area contributed by atoms with E-state index in [1.807, 2.05) is 0 Å². The fourth-order valence-electron chi connectivity index (χ4n) is 7.23. The molecule has 0 aromatic carbocycles. The Kier molecular flexibility index (Phi) is 3.99. The fraction of sp³-hybridized carbons (Fsp3) is 0.857. The summed E-state index contributed by atoms with van der Waals surface area (Å²) in [4.78, 5) is 12.2. The molecule has 0 unspecified atom stereocenters. The number of ketones is 1. The predicted molar refractivity (Wildman–Crippen MR) is 94.7 cm³/mol. The fourth-order valence-corrected chi connectivity index (χ4v) is 7.23. The van der Waals surface area contributed by atoms with Crippen molar-refractivity contribution < 1.29 is 20.1 Å². The molecule has 0 aliphatic heterocycles. The van der Waals surface area contributed by atoms with E-state index in [0.29, 0.717) is 30.6 Å². The lowest BCUT2D eigenvalue weighted by Crippen LogP contribution is -2.53. The van der Waals surface area contributed by atoms with Gasteiger partial charge in [-0.1, -0.05) is 25.5 Å². The number of aliphatic hydroxyl groups is 3. The highest BCUT2D eigenvalue weighted by molar-refractivity contribution is 5.82. The van der Waals surface area contributed by atoms with Gasteiger partial charge in [0.15, 0.2) is 0 Å². The Morgan fingerprint density at radius 2 is 1.80 bits per heavy atom. The normalized spacial score (nSPS) is 55.0. The molecule has 4 heteroatoms. The van der Waals surface area contributed by atoms with E-state index in [4.69, 9.17) is 0 Å². The lowest BCUT2D eigenvalue weighted by Gasteiger charge is -2.58. The summed E-state index contributed by atoms with van der Waals surface area (Å²) in [5.74, 6) is 1.02. The van der Waals surface area contributed by atoms with Crippen LogP contribution < -0.4 is 0 Å². The average molecular weight is 348 g/mol. The van der Waals surface area contributed by atoms with Gasteiger partial charge in [0.05, 0.1) is 24.2 Å². The number of Topliss-reactive ketones (excluding diaryl/α,β-unsaturated/α-hetero) is 1. The number of carbonyl (C=O) groups is 1. The summed E-state index contributed by atoms with van der Waals surface area (Å²) in [5, 5.41) is 31.3. The van der Waals surface area contributed by atoms with Gasteiger partial charge in [-0.05, 0) is 74.0 Å². The summed E-state index contributed by atoms with van der Waals surface area (Å²) >= 11 is 0. The molecule has 0 aromatic rings. The van der Waals surface area contributed by atoms with Gasteiger partial charge >= 0.3 is 0 Å². The van der Waals surface area contributed by atoms with Crippen LogP contribution in [0.15, 0.2) is 11.6 Å². The van der Waals surface area contributed by atoms with E-state index in [2.05, 4.69) is 19.9 Å². The van der Waals surface area contributed by atoms with Gasteiger partial charge in [-0.15, -0.1) is 0 Å². The Hall–Kier alpha value is -0.710. The van der Waals surface area contributed by atoms with Gasteiger partial charge in [0.2, 0.25) is 0 Å². The Bertz CT molecular complexity index is 613. The Balaban J connectivity index is 1.72. The average Bonchev–Trinajstić information content (AvgIpc) is 2.79. The quantitative estimate of drug-likeness (QED) is 0.636. The summed E-state index contributed by atoms with van der Waals surface area (Å²) in [6.07, 6.45) is 5.66. The van der Waals surface area contributed by atoms with Gasteiger partial charge in [-0.2, -0.15) is 0 Å². The van der Waals surface area contributed by atoms with Crippen LogP contribution >= 0.6 is 0 Å². The molecule has 0 amide bonds. The lowest BCUT2D eigenvalue weighted by molar-refractivity contribution is -0.127. The molecule has 3 N–H and O–H groups in total. The summed E-state index contributed by atoms with van der Waals surface area (Å²) in [7, 11) is 0. The van der Waals surface area contributed by atoms with Crippen molar-refractivity contribution in [2.75, 3.05) is 0 Å². The van der Waals surface area contributed by atoms with Gasteiger partial charge in [0, 0.05) is 0 Å². The maximum Gasteiger partial charge on any atom is 0.139 e. The van der Waals surface area contributed by atoms with Crippen molar-refractivity contribution in [1.82, 2.24) is 0 Å². The number of rotatable bonds is 1. The second kappa shape index (κ2) is 5.64. The zero-order valence-corrected chi connectivity index (χ0v) is 15.6. The second-order valence-electron chi connectivity index (χ2n) is 9.68. The van der Waals surface area contributed by atoms with Gasteiger partial charge in [0.25, 0.3) is 0 Å². The maximum atomic E-state index is 12.2. The van der Waals surface area contributed by atoms with Crippen LogP contribution in [-0.2, 0) is 4.79 Å². The van der Waals surface area contributed by atoms with Crippen molar-refractivity contribution in [3.05, 3.63) is 11.6 Å². The van der Waals surface area contributed by atoms with Crippen LogP contribution in [0.2, 0.25) is 0 Å². The van der Waals surface area contributed by atoms with Crippen molar-refractivity contribution >= 4 is 5.78 Å². The Labute approximate surface area is 150 Å². The van der Waals surface area contributed by atoms with Crippen molar-refractivity contribution in [3.63, 3.8) is 0 Å². The topological polar surface area (TPSA) is 77.8 Å². The molecule has 4 aliphatic carbocycles. The van der Waals surface area contributed by atoms with Gasteiger partial charge < -0.3 is 15.3 Å². The number of carbonyl (C=O) groups excluding carboxylic acids is 1. The van der Waals surface area contributed by atoms with Crippen LogP contribution in [0, 0.1) is 34.5 Å². The number of allylic oxidation sites excluding steroid dienone is 1. The molecule has 25 heavy (non-hydrogen) atoms. The first-order valence-corrected chi connectivity index (χ1v) is 9.95. The van der Waals surface area contributed by atoms with Gasteiger partial charge in [-0.25, -0.2) is 0 Å². The molecule has 4 nitrogen and oxygen atoms in total. The van der Waals surface area contributed by atoms with Gasteiger partial charge in [0.1, 0.15) is 5.78 Å². The molecular weight excluding hydrogens is 316 g/mol. The maximum absolute atomic E-state index is 12.2. The second-order valence-corrected chi connectivity index (χ2v) is 9.68. The molecule has 4 rings (SSSR count). The molecule has 0 aromatic heterocycles. The van der Waals surface area contributed by atoms with E-state index in [1.54, 1.807) is 6.92 Å². The highest BCUT2D eigenvalue weighted by Gasteiger charge is 2.61. The third-order valence-corrected chi connectivity index (χ3v) is 8.62. The van der Waals surface area contributed by atoms with Crippen LogP contribution in [0.3, 0.4) is 0 Å². The lowest BCUT2D eigenvalue weighted by atomic mass is 9.46. The molecule has 3 fully saturated rings. The largest absolute Gasteiger partial charge is 0.392 e. The minimum absolute atomic E-state index is 0.0295. The first kappa shape index (κ1) is 17.7. The van der Waals surface area contributed by atoms with E-state index >= 15 is 0 Å². The SMILES string of the molecule is CC(=O)[C@@H]1C2=CC[C@H]3[C@@H]4C[C@@H](O)[C@H](O)[C@@]4(C)CC[C@@H]3[C@@]2(C)CC[C@@H]1O. The minimum atomic E-state index is -0.616. The molecule has 9 atom stereocenters. The predicted octanol–water partition coefficient (Wildman–Crippen LogP) is 2.46. The van der Waals surface area contributed by atoms with Crippen molar-refractivity contribution in [1.29, 1.82) is 0 Å². The highest BCUT2D eigenvalue weighted by Crippen LogP contribution is 2.65. The molecule has 0 saturated heterocycles. The molecule has 140 valence electrons. The van der Waals surface area contributed by atoms with Crippen molar-refractivity contribution in [2.24, 2.45) is 34.5 Å². The Morgan fingerprint density at radius 1 is 1.08 bits per heavy atom. The number of aliphatic hydroxyl groups excluding tert-OH is 3. The van der Waals surface area contributed by atoms with E-state index in [0.717, 1.165) is 25.7 Å². The molecule has 0 heterocycles. The third-order valence-electron chi connectivity index (χ3n) is 8.62. The first-order valence-electron chi connectivity index (χ1n) is 9.95. The zero-order chi connectivity index (χ0) is 18.1. The highest BCUT2D eigenvalue weighted by atomic mass is 16.3. The summed E-state index contributed by atoms with van der Waals surface area (Å²) in [6.45, 7) is 6.05. The van der Waals surface area contributed by atoms with E-state index in [-0.39, 0.29) is 22.5 Å². The molecule has 0 spiro atoms. The standard InChI is InChI=1S/C21H32O4/c1-11(22)18-14-5-4-12-13(20(14,2)9-7-16(18)23)6-8-21(3)15(12)10-17(24)19(21)25/h5,12-13,15-19,23-25H,4,6-10H2,1-3H3/t12-,13+,15+,16+,17-,18-,19+,20-,21+/m1/s1. The van der Waals surface area contributed by atoms with Gasteiger partial charge in [-0.3, -0.25) is 4.79 Å².